The Balaban J connectivity index is 2.29. The number of benzene rings is 1. The normalized spacial score (nSPS) is 16.6. The Labute approximate surface area is 89.1 Å². The van der Waals surface area contributed by atoms with Gasteiger partial charge in [-0.25, -0.2) is 0 Å². The van der Waals surface area contributed by atoms with Crippen molar-refractivity contribution in [2.24, 2.45) is 0 Å². The molecule has 0 bridgehead atoms. The van der Waals surface area contributed by atoms with Gasteiger partial charge in [0.25, 0.3) is 0 Å². The molecule has 0 saturated carbocycles. The van der Waals surface area contributed by atoms with E-state index < -0.39 is 0 Å². The third-order valence-corrected chi connectivity index (χ3v) is 2.98. The molecule has 1 nitrogen and oxygen atoms in total. The Morgan fingerprint density at radius 3 is 2.54 bits per heavy atom. The first kappa shape index (κ1) is 9.22. The van der Waals surface area contributed by atoms with Crippen LogP contribution in [0.2, 0.25) is 5.02 Å². The lowest BCUT2D eigenvalue weighted by molar-refractivity contribution is 0.949. The van der Waals surface area contributed by atoms with Crippen LogP contribution in [0.5, 0.6) is 0 Å². The molecule has 1 aromatic rings. The van der Waals surface area contributed by atoms with Crippen molar-refractivity contribution in [2.45, 2.75) is 17.7 Å². The van der Waals surface area contributed by atoms with Gasteiger partial charge in [0.2, 0.25) is 0 Å². The topological polar surface area (TPSA) is 3.24 Å². The molecule has 1 heterocycles. The smallest absolute Gasteiger partial charge is 0.0502 e. The molecule has 0 amide bonds. The number of halogens is 1. The summed E-state index contributed by atoms with van der Waals surface area (Å²) < 4.78 is 0. The van der Waals surface area contributed by atoms with E-state index in [4.69, 9.17) is 11.6 Å². The highest BCUT2D eigenvalue weighted by Crippen LogP contribution is 2.29. The van der Waals surface area contributed by atoms with Crippen LogP contribution in [0.1, 0.15) is 12.8 Å². The maximum absolute atomic E-state index is 5.86. The van der Waals surface area contributed by atoms with E-state index in [1.807, 2.05) is 12.1 Å². The number of nitrogens with zero attached hydrogens (tertiary/aromatic N) is 1. The SMILES string of the molecule is Sc1cc(Cl)ccc1N1CCCC1. The second-order valence-electron chi connectivity index (χ2n) is 3.33. The first-order valence-corrected chi connectivity index (χ1v) is 5.33. The third-order valence-electron chi connectivity index (χ3n) is 2.38. The number of anilines is 1. The predicted molar refractivity (Wildman–Crippen MR) is 60.2 cm³/mol. The Kier molecular flexibility index (Phi) is 2.70. The second kappa shape index (κ2) is 3.81. The lowest BCUT2D eigenvalue weighted by atomic mass is 10.3. The summed E-state index contributed by atoms with van der Waals surface area (Å²) in [7, 11) is 0. The molecule has 0 N–H and O–H groups in total. The van der Waals surface area contributed by atoms with Crippen LogP contribution in [-0.4, -0.2) is 13.1 Å². The molecule has 1 aliphatic rings. The summed E-state index contributed by atoms with van der Waals surface area (Å²) in [4.78, 5) is 3.34. The molecule has 2 rings (SSSR count). The molecular formula is C10H12ClNS. The van der Waals surface area contributed by atoms with Crippen molar-refractivity contribution in [1.29, 1.82) is 0 Å². The summed E-state index contributed by atoms with van der Waals surface area (Å²) in [5.41, 5.74) is 1.21. The van der Waals surface area contributed by atoms with Crippen molar-refractivity contribution in [3.8, 4) is 0 Å². The molecule has 1 aromatic carbocycles. The van der Waals surface area contributed by atoms with E-state index in [1.165, 1.54) is 18.5 Å². The van der Waals surface area contributed by atoms with Crippen LogP contribution in [0.4, 0.5) is 5.69 Å². The van der Waals surface area contributed by atoms with Gasteiger partial charge in [0, 0.05) is 23.0 Å². The van der Waals surface area contributed by atoms with Crippen LogP contribution in [0.3, 0.4) is 0 Å². The fraction of sp³-hybridized carbons (Fsp3) is 0.400. The van der Waals surface area contributed by atoms with E-state index in [0.29, 0.717) is 0 Å². The fourth-order valence-corrected chi connectivity index (χ4v) is 2.33. The molecular weight excluding hydrogens is 202 g/mol. The minimum atomic E-state index is 0.757. The summed E-state index contributed by atoms with van der Waals surface area (Å²) >= 11 is 10.3. The minimum absolute atomic E-state index is 0.757. The summed E-state index contributed by atoms with van der Waals surface area (Å²) in [6.45, 7) is 2.30. The molecule has 0 aromatic heterocycles. The standard InChI is InChI=1S/C10H12ClNS/c11-8-3-4-9(10(13)7-8)12-5-1-2-6-12/h3-4,7,13H,1-2,5-6H2. The minimum Gasteiger partial charge on any atom is -0.371 e. The Hall–Kier alpha value is -0.340. The van der Waals surface area contributed by atoms with Crippen LogP contribution in [-0.2, 0) is 0 Å². The zero-order valence-corrected chi connectivity index (χ0v) is 8.98. The molecule has 1 fully saturated rings. The summed E-state index contributed by atoms with van der Waals surface area (Å²) in [5.74, 6) is 0. The molecule has 1 aliphatic heterocycles. The molecule has 0 spiro atoms. The Bertz CT molecular complexity index is 308. The molecule has 0 unspecified atom stereocenters. The monoisotopic (exact) mass is 213 g/mol. The van der Waals surface area contributed by atoms with E-state index in [-0.39, 0.29) is 0 Å². The Morgan fingerprint density at radius 2 is 1.92 bits per heavy atom. The zero-order chi connectivity index (χ0) is 9.26. The Morgan fingerprint density at radius 1 is 1.23 bits per heavy atom. The summed E-state index contributed by atoms with van der Waals surface area (Å²) in [6.07, 6.45) is 2.58. The third kappa shape index (κ3) is 1.94. The van der Waals surface area contributed by atoms with Crippen LogP contribution in [0.25, 0.3) is 0 Å². The molecule has 0 radical (unpaired) electrons. The first-order chi connectivity index (χ1) is 6.27. The van der Waals surface area contributed by atoms with Gasteiger partial charge in [-0.3, -0.25) is 0 Å². The molecule has 0 atom stereocenters. The highest BCUT2D eigenvalue weighted by Gasteiger charge is 2.14. The average molecular weight is 214 g/mol. The molecule has 0 aliphatic carbocycles. The second-order valence-corrected chi connectivity index (χ2v) is 4.25. The van der Waals surface area contributed by atoms with Gasteiger partial charge in [-0.15, -0.1) is 12.6 Å². The lowest BCUT2D eigenvalue weighted by Crippen LogP contribution is -2.17. The number of hydrogen-bond donors (Lipinski definition) is 1. The number of hydrogen-bond acceptors (Lipinski definition) is 2. The van der Waals surface area contributed by atoms with Gasteiger partial charge < -0.3 is 4.90 Å². The van der Waals surface area contributed by atoms with Gasteiger partial charge in [-0.1, -0.05) is 11.6 Å². The first-order valence-electron chi connectivity index (χ1n) is 4.51. The van der Waals surface area contributed by atoms with Crippen molar-refractivity contribution >= 4 is 29.9 Å². The molecule has 70 valence electrons. The van der Waals surface area contributed by atoms with Gasteiger partial charge in [-0.05, 0) is 31.0 Å². The average Bonchev–Trinajstić information content (AvgIpc) is 2.56. The van der Waals surface area contributed by atoms with Crippen molar-refractivity contribution < 1.29 is 0 Å². The fourth-order valence-electron chi connectivity index (χ4n) is 1.72. The zero-order valence-electron chi connectivity index (χ0n) is 7.33. The van der Waals surface area contributed by atoms with Gasteiger partial charge in [0.05, 0.1) is 5.69 Å². The highest BCUT2D eigenvalue weighted by molar-refractivity contribution is 7.80. The number of rotatable bonds is 1. The molecule has 1 saturated heterocycles. The van der Waals surface area contributed by atoms with E-state index in [9.17, 15) is 0 Å². The largest absolute Gasteiger partial charge is 0.371 e. The van der Waals surface area contributed by atoms with Gasteiger partial charge in [-0.2, -0.15) is 0 Å². The van der Waals surface area contributed by atoms with E-state index in [1.54, 1.807) is 0 Å². The maximum Gasteiger partial charge on any atom is 0.0502 e. The van der Waals surface area contributed by atoms with Crippen LogP contribution in [0.15, 0.2) is 23.1 Å². The van der Waals surface area contributed by atoms with Crippen LogP contribution in [0, 0.1) is 0 Å². The van der Waals surface area contributed by atoms with Crippen LogP contribution < -0.4 is 4.90 Å². The van der Waals surface area contributed by atoms with E-state index in [2.05, 4.69) is 23.6 Å². The molecule has 13 heavy (non-hydrogen) atoms. The van der Waals surface area contributed by atoms with Gasteiger partial charge >= 0.3 is 0 Å². The summed E-state index contributed by atoms with van der Waals surface area (Å²) in [6, 6.07) is 5.88. The summed E-state index contributed by atoms with van der Waals surface area (Å²) in [5, 5.41) is 0.757. The maximum atomic E-state index is 5.86. The van der Waals surface area contributed by atoms with Gasteiger partial charge in [0.1, 0.15) is 0 Å². The van der Waals surface area contributed by atoms with Crippen molar-refractivity contribution in [1.82, 2.24) is 0 Å². The highest BCUT2D eigenvalue weighted by atomic mass is 35.5. The van der Waals surface area contributed by atoms with Gasteiger partial charge in [0.15, 0.2) is 0 Å². The van der Waals surface area contributed by atoms with Crippen molar-refractivity contribution in [2.75, 3.05) is 18.0 Å². The quantitative estimate of drug-likeness (QED) is 0.702. The molecule has 3 heteroatoms. The van der Waals surface area contributed by atoms with E-state index >= 15 is 0 Å². The van der Waals surface area contributed by atoms with E-state index in [0.717, 1.165) is 23.0 Å². The predicted octanol–water partition coefficient (Wildman–Crippen LogP) is 3.23. The lowest BCUT2D eigenvalue weighted by Gasteiger charge is -2.19. The number of thiol groups is 1. The van der Waals surface area contributed by atoms with Crippen LogP contribution >= 0.6 is 24.2 Å². The van der Waals surface area contributed by atoms with Crippen molar-refractivity contribution in [3.63, 3.8) is 0 Å². The van der Waals surface area contributed by atoms with Crippen molar-refractivity contribution in [3.05, 3.63) is 23.2 Å².